The lowest BCUT2D eigenvalue weighted by Crippen LogP contribution is -2.14. The van der Waals surface area contributed by atoms with Crippen LogP contribution in [0.2, 0.25) is 0 Å². The second-order valence-corrected chi connectivity index (χ2v) is 6.18. The Morgan fingerprint density at radius 3 is 2.40 bits per heavy atom. The summed E-state index contributed by atoms with van der Waals surface area (Å²) in [5.74, 6) is -0.210. The minimum atomic E-state index is -0.476. The molecule has 0 spiro atoms. The molecular formula is C22H18O3. The number of benzene rings is 3. The molecule has 0 amide bonds. The summed E-state index contributed by atoms with van der Waals surface area (Å²) >= 11 is 0. The van der Waals surface area contributed by atoms with Crippen LogP contribution in [0, 0.1) is 0 Å². The Labute approximate surface area is 145 Å². The number of aromatic hydroxyl groups is 1. The number of rotatable bonds is 3. The minimum absolute atomic E-state index is 0.0200. The van der Waals surface area contributed by atoms with E-state index in [2.05, 4.69) is 0 Å². The van der Waals surface area contributed by atoms with Crippen molar-refractivity contribution in [3.8, 4) is 5.75 Å². The molecule has 25 heavy (non-hydrogen) atoms. The average Bonchev–Trinajstić information content (AvgIpc) is 2.65. The maximum absolute atomic E-state index is 12.6. The lowest BCUT2D eigenvalue weighted by Gasteiger charge is -2.18. The first-order chi connectivity index (χ1) is 12.2. The van der Waals surface area contributed by atoms with Crippen LogP contribution in [0.25, 0.3) is 21.7 Å². The molecule has 1 N–H and O–H groups in total. The van der Waals surface area contributed by atoms with E-state index < -0.39 is 5.63 Å². The van der Waals surface area contributed by atoms with Gasteiger partial charge in [-0.05, 0) is 34.9 Å². The number of para-hydroxylation sites is 1. The quantitative estimate of drug-likeness (QED) is 0.526. The van der Waals surface area contributed by atoms with Crippen molar-refractivity contribution in [3.05, 3.63) is 88.3 Å². The zero-order valence-electron chi connectivity index (χ0n) is 13.9. The summed E-state index contributed by atoms with van der Waals surface area (Å²) in [6, 6.07) is 21.2. The maximum atomic E-state index is 12.6. The second kappa shape index (κ2) is 6.10. The zero-order chi connectivity index (χ0) is 17.4. The molecule has 124 valence electrons. The molecule has 0 radical (unpaired) electrons. The Kier molecular flexibility index (Phi) is 3.77. The van der Waals surface area contributed by atoms with Gasteiger partial charge in [-0.1, -0.05) is 61.5 Å². The van der Waals surface area contributed by atoms with Crippen molar-refractivity contribution >= 4 is 21.7 Å². The molecule has 1 atom stereocenters. The first-order valence-corrected chi connectivity index (χ1v) is 8.43. The summed E-state index contributed by atoms with van der Waals surface area (Å²) in [7, 11) is 0. The fourth-order valence-corrected chi connectivity index (χ4v) is 3.59. The normalized spacial score (nSPS) is 12.5. The molecule has 0 aliphatic rings. The first kappa shape index (κ1) is 15.5. The molecule has 4 rings (SSSR count). The van der Waals surface area contributed by atoms with Gasteiger partial charge in [0.25, 0.3) is 0 Å². The molecule has 0 saturated carbocycles. The van der Waals surface area contributed by atoms with Gasteiger partial charge in [-0.2, -0.15) is 0 Å². The smallest absolute Gasteiger partial charge is 0.343 e. The van der Waals surface area contributed by atoms with Crippen molar-refractivity contribution in [1.82, 2.24) is 0 Å². The van der Waals surface area contributed by atoms with Crippen LogP contribution >= 0.6 is 0 Å². The van der Waals surface area contributed by atoms with Crippen molar-refractivity contribution in [2.24, 2.45) is 0 Å². The number of hydrogen-bond acceptors (Lipinski definition) is 3. The molecule has 1 unspecified atom stereocenters. The lowest BCUT2D eigenvalue weighted by molar-refractivity contribution is 0.450. The molecular weight excluding hydrogens is 312 g/mol. The molecule has 0 aliphatic heterocycles. The van der Waals surface area contributed by atoms with Crippen LogP contribution < -0.4 is 5.63 Å². The van der Waals surface area contributed by atoms with Crippen LogP contribution in [0.15, 0.2) is 75.9 Å². The van der Waals surface area contributed by atoms with Crippen LogP contribution in [0.5, 0.6) is 5.75 Å². The Balaban J connectivity index is 2.01. The standard InChI is InChI=1S/C22H18O3/c1-2-15(17-12-7-9-14-8-3-4-10-16(14)17)20-21(23)18-11-5-6-13-19(18)25-22(20)24/h3-13,15,23H,2H2,1H3. The van der Waals surface area contributed by atoms with E-state index in [1.165, 1.54) is 0 Å². The lowest BCUT2D eigenvalue weighted by atomic mass is 9.86. The highest BCUT2D eigenvalue weighted by atomic mass is 16.4. The second-order valence-electron chi connectivity index (χ2n) is 6.18. The molecule has 4 aromatic rings. The van der Waals surface area contributed by atoms with Crippen molar-refractivity contribution in [3.63, 3.8) is 0 Å². The third kappa shape index (κ3) is 2.49. The molecule has 0 aliphatic carbocycles. The van der Waals surface area contributed by atoms with E-state index in [9.17, 15) is 9.90 Å². The van der Waals surface area contributed by atoms with E-state index in [0.717, 1.165) is 16.3 Å². The monoisotopic (exact) mass is 330 g/mol. The average molecular weight is 330 g/mol. The number of hydrogen-bond donors (Lipinski definition) is 1. The Morgan fingerprint density at radius 1 is 0.920 bits per heavy atom. The van der Waals surface area contributed by atoms with Gasteiger partial charge in [0.2, 0.25) is 0 Å². The fraction of sp³-hybridized carbons (Fsp3) is 0.136. The van der Waals surface area contributed by atoms with Gasteiger partial charge >= 0.3 is 5.63 Å². The third-order valence-electron chi connectivity index (χ3n) is 4.78. The summed E-state index contributed by atoms with van der Waals surface area (Å²) < 4.78 is 5.47. The maximum Gasteiger partial charge on any atom is 0.343 e. The van der Waals surface area contributed by atoms with Gasteiger partial charge in [-0.15, -0.1) is 0 Å². The van der Waals surface area contributed by atoms with Gasteiger partial charge in [-0.25, -0.2) is 4.79 Å². The molecule has 3 heteroatoms. The van der Waals surface area contributed by atoms with Crippen LogP contribution in [-0.4, -0.2) is 5.11 Å². The van der Waals surface area contributed by atoms with E-state index in [-0.39, 0.29) is 11.7 Å². The SMILES string of the molecule is CCC(c1c(O)c2ccccc2oc1=O)c1cccc2ccccc12. The summed E-state index contributed by atoms with van der Waals surface area (Å²) in [5.41, 5.74) is 1.29. The largest absolute Gasteiger partial charge is 0.507 e. The van der Waals surface area contributed by atoms with Crippen molar-refractivity contribution < 1.29 is 9.52 Å². The van der Waals surface area contributed by atoms with E-state index in [4.69, 9.17) is 4.42 Å². The molecule has 1 aromatic heterocycles. The van der Waals surface area contributed by atoms with Crippen LogP contribution in [-0.2, 0) is 0 Å². The van der Waals surface area contributed by atoms with Crippen molar-refractivity contribution in [2.75, 3.05) is 0 Å². The van der Waals surface area contributed by atoms with E-state index in [1.807, 2.05) is 55.5 Å². The Hall–Kier alpha value is -3.07. The topological polar surface area (TPSA) is 50.4 Å². The predicted octanol–water partition coefficient (Wildman–Crippen LogP) is 5.19. The van der Waals surface area contributed by atoms with E-state index in [1.54, 1.807) is 18.2 Å². The van der Waals surface area contributed by atoms with Gasteiger partial charge in [0.15, 0.2) is 0 Å². The Morgan fingerprint density at radius 2 is 1.60 bits per heavy atom. The fourth-order valence-electron chi connectivity index (χ4n) is 3.59. The van der Waals surface area contributed by atoms with Crippen molar-refractivity contribution in [2.45, 2.75) is 19.3 Å². The zero-order valence-corrected chi connectivity index (χ0v) is 13.9. The highest BCUT2D eigenvalue weighted by Crippen LogP contribution is 2.38. The molecule has 1 heterocycles. The summed E-state index contributed by atoms with van der Waals surface area (Å²) in [4.78, 5) is 12.6. The van der Waals surface area contributed by atoms with Gasteiger partial charge in [0.1, 0.15) is 11.3 Å². The Bertz CT molecular complexity index is 1120. The summed E-state index contributed by atoms with van der Waals surface area (Å²) in [6.07, 6.45) is 0.685. The third-order valence-corrected chi connectivity index (χ3v) is 4.78. The molecule has 0 saturated heterocycles. The highest BCUT2D eigenvalue weighted by molar-refractivity contribution is 5.88. The molecule has 0 bridgehead atoms. The highest BCUT2D eigenvalue weighted by Gasteiger charge is 2.24. The summed E-state index contributed by atoms with van der Waals surface area (Å²) in [6.45, 7) is 2.01. The summed E-state index contributed by atoms with van der Waals surface area (Å²) in [5, 5.41) is 13.6. The minimum Gasteiger partial charge on any atom is -0.507 e. The first-order valence-electron chi connectivity index (χ1n) is 8.43. The number of fused-ring (bicyclic) bond motifs is 2. The molecule has 3 nitrogen and oxygen atoms in total. The van der Waals surface area contributed by atoms with Crippen LogP contribution in [0.3, 0.4) is 0 Å². The van der Waals surface area contributed by atoms with E-state index in [0.29, 0.717) is 23.0 Å². The van der Waals surface area contributed by atoms with Gasteiger partial charge in [0.05, 0.1) is 10.9 Å². The molecule has 3 aromatic carbocycles. The van der Waals surface area contributed by atoms with Crippen LogP contribution in [0.1, 0.15) is 30.4 Å². The van der Waals surface area contributed by atoms with Gasteiger partial charge in [0, 0.05) is 5.92 Å². The van der Waals surface area contributed by atoms with Crippen LogP contribution in [0.4, 0.5) is 0 Å². The van der Waals surface area contributed by atoms with Crippen molar-refractivity contribution in [1.29, 1.82) is 0 Å². The van der Waals surface area contributed by atoms with Gasteiger partial charge in [-0.3, -0.25) is 0 Å². The van der Waals surface area contributed by atoms with Gasteiger partial charge < -0.3 is 9.52 Å². The predicted molar refractivity (Wildman–Crippen MR) is 100 cm³/mol. The molecule has 0 fully saturated rings. The van der Waals surface area contributed by atoms with E-state index >= 15 is 0 Å².